The van der Waals surface area contributed by atoms with E-state index in [1.165, 1.54) is 18.9 Å². The summed E-state index contributed by atoms with van der Waals surface area (Å²) in [5.74, 6) is 0. The van der Waals surface area contributed by atoms with Crippen molar-refractivity contribution in [3.05, 3.63) is 41.0 Å². The number of aromatic nitrogens is 3. The van der Waals surface area contributed by atoms with Crippen molar-refractivity contribution < 1.29 is 4.92 Å². The van der Waals surface area contributed by atoms with Crippen LogP contribution >= 0.6 is 0 Å². The Balaban J connectivity index is 1.97. The van der Waals surface area contributed by atoms with Gasteiger partial charge in [0.1, 0.15) is 12.7 Å². The molecule has 7 nitrogen and oxygen atoms in total. The molecule has 2 aromatic rings. The number of hydrogen-bond acceptors (Lipinski definition) is 5. The molecule has 20 heavy (non-hydrogen) atoms. The Labute approximate surface area is 115 Å². The van der Waals surface area contributed by atoms with Crippen molar-refractivity contribution in [2.75, 3.05) is 5.32 Å². The van der Waals surface area contributed by atoms with Gasteiger partial charge in [-0.3, -0.25) is 14.7 Å². The second kappa shape index (κ2) is 5.28. The molecule has 1 saturated carbocycles. The van der Waals surface area contributed by atoms with Crippen molar-refractivity contribution in [3.63, 3.8) is 0 Å². The molecule has 1 heterocycles. The second-order valence-corrected chi connectivity index (χ2v) is 4.95. The molecule has 0 aliphatic heterocycles. The van der Waals surface area contributed by atoms with Crippen LogP contribution in [0.2, 0.25) is 0 Å². The minimum Gasteiger partial charge on any atom is -0.381 e. The Hall–Kier alpha value is -2.44. The second-order valence-electron chi connectivity index (χ2n) is 4.95. The van der Waals surface area contributed by atoms with Gasteiger partial charge in [0.15, 0.2) is 0 Å². The Morgan fingerprint density at radius 1 is 1.25 bits per heavy atom. The zero-order valence-corrected chi connectivity index (χ0v) is 10.9. The van der Waals surface area contributed by atoms with Crippen LogP contribution in [0.1, 0.15) is 25.7 Å². The highest BCUT2D eigenvalue weighted by Crippen LogP contribution is 2.29. The number of hydrogen-bond donors (Lipinski definition) is 1. The van der Waals surface area contributed by atoms with Gasteiger partial charge >= 0.3 is 0 Å². The largest absolute Gasteiger partial charge is 0.381 e. The molecule has 1 aromatic heterocycles. The summed E-state index contributed by atoms with van der Waals surface area (Å²) in [6.07, 6.45) is 7.81. The molecule has 0 spiro atoms. The zero-order chi connectivity index (χ0) is 13.9. The predicted molar refractivity (Wildman–Crippen MR) is 73.9 cm³/mol. The Morgan fingerprint density at radius 3 is 2.60 bits per heavy atom. The molecular formula is C13H15N5O2. The van der Waals surface area contributed by atoms with Crippen LogP contribution in [0.15, 0.2) is 30.9 Å². The van der Waals surface area contributed by atoms with E-state index in [4.69, 9.17) is 0 Å². The quantitative estimate of drug-likeness (QED) is 0.683. The number of nitro benzene ring substituents is 1. The maximum Gasteiger partial charge on any atom is 0.271 e. The molecule has 1 aromatic carbocycles. The van der Waals surface area contributed by atoms with Gasteiger partial charge in [-0.15, -0.1) is 10.2 Å². The Morgan fingerprint density at radius 2 is 1.95 bits per heavy atom. The topological polar surface area (TPSA) is 85.9 Å². The fourth-order valence-electron chi connectivity index (χ4n) is 2.58. The number of nitro groups is 1. The maximum atomic E-state index is 10.9. The van der Waals surface area contributed by atoms with E-state index in [1.807, 2.05) is 0 Å². The van der Waals surface area contributed by atoms with E-state index in [2.05, 4.69) is 15.5 Å². The van der Waals surface area contributed by atoms with Crippen molar-refractivity contribution in [1.29, 1.82) is 0 Å². The molecule has 0 amide bonds. The SMILES string of the molecule is O=[N+]([O-])c1ccc(NC2CCCC2)c(-n2cnnc2)c1. The lowest BCUT2D eigenvalue weighted by Gasteiger charge is -2.17. The minimum absolute atomic E-state index is 0.0608. The summed E-state index contributed by atoms with van der Waals surface area (Å²) in [6.45, 7) is 0. The number of benzene rings is 1. The molecule has 7 heteroatoms. The Kier molecular flexibility index (Phi) is 3.32. The van der Waals surface area contributed by atoms with E-state index in [9.17, 15) is 10.1 Å². The van der Waals surface area contributed by atoms with E-state index in [-0.39, 0.29) is 5.69 Å². The first-order valence-electron chi connectivity index (χ1n) is 6.64. The number of non-ortho nitro benzene ring substituents is 1. The van der Waals surface area contributed by atoms with Gasteiger partial charge < -0.3 is 5.32 Å². The van der Waals surface area contributed by atoms with E-state index in [1.54, 1.807) is 29.4 Å². The highest BCUT2D eigenvalue weighted by molar-refractivity contribution is 5.65. The maximum absolute atomic E-state index is 10.9. The highest BCUT2D eigenvalue weighted by Gasteiger charge is 2.18. The average molecular weight is 273 g/mol. The van der Waals surface area contributed by atoms with Crippen LogP contribution in [0.3, 0.4) is 0 Å². The first-order valence-corrected chi connectivity index (χ1v) is 6.64. The highest BCUT2D eigenvalue weighted by atomic mass is 16.6. The summed E-state index contributed by atoms with van der Waals surface area (Å²) in [5, 5.41) is 21.9. The monoisotopic (exact) mass is 273 g/mol. The van der Waals surface area contributed by atoms with Gasteiger partial charge in [0.2, 0.25) is 0 Å². The van der Waals surface area contributed by atoms with Gasteiger partial charge in [0.25, 0.3) is 5.69 Å². The van der Waals surface area contributed by atoms with Gasteiger partial charge in [0, 0.05) is 18.2 Å². The van der Waals surface area contributed by atoms with E-state index < -0.39 is 4.92 Å². The number of nitrogens with zero attached hydrogens (tertiary/aromatic N) is 4. The van der Waals surface area contributed by atoms with Crippen molar-refractivity contribution in [3.8, 4) is 5.69 Å². The van der Waals surface area contributed by atoms with Gasteiger partial charge in [-0.05, 0) is 18.9 Å². The lowest BCUT2D eigenvalue weighted by molar-refractivity contribution is -0.384. The van der Waals surface area contributed by atoms with Crippen LogP contribution in [0, 0.1) is 10.1 Å². The summed E-state index contributed by atoms with van der Waals surface area (Å²) in [4.78, 5) is 10.5. The van der Waals surface area contributed by atoms with Gasteiger partial charge in [-0.1, -0.05) is 12.8 Å². The lowest BCUT2D eigenvalue weighted by Crippen LogP contribution is -2.16. The molecule has 0 unspecified atom stereocenters. The van der Waals surface area contributed by atoms with Crippen molar-refractivity contribution in [2.45, 2.75) is 31.7 Å². The molecular weight excluding hydrogens is 258 g/mol. The minimum atomic E-state index is -0.396. The molecule has 0 saturated heterocycles. The van der Waals surface area contributed by atoms with E-state index >= 15 is 0 Å². The molecule has 1 aliphatic carbocycles. The van der Waals surface area contributed by atoms with Gasteiger partial charge in [-0.2, -0.15) is 0 Å². The summed E-state index contributed by atoms with van der Waals surface area (Å²) >= 11 is 0. The average Bonchev–Trinajstić information content (AvgIpc) is 3.11. The molecule has 0 bridgehead atoms. The van der Waals surface area contributed by atoms with E-state index in [0.717, 1.165) is 18.5 Å². The standard InChI is InChI=1S/C13H15N5O2/c19-18(20)11-5-6-12(16-10-3-1-2-4-10)13(7-11)17-8-14-15-9-17/h5-10,16H,1-4H2. The number of nitrogens with one attached hydrogen (secondary N) is 1. The smallest absolute Gasteiger partial charge is 0.271 e. The molecule has 104 valence electrons. The van der Waals surface area contributed by atoms with E-state index in [0.29, 0.717) is 11.7 Å². The van der Waals surface area contributed by atoms with Crippen LogP contribution in [-0.4, -0.2) is 25.7 Å². The van der Waals surface area contributed by atoms with Crippen LogP contribution < -0.4 is 5.32 Å². The summed E-state index contributed by atoms with van der Waals surface area (Å²) in [6, 6.07) is 5.25. The van der Waals surface area contributed by atoms with Crippen molar-refractivity contribution in [1.82, 2.24) is 14.8 Å². The molecule has 0 atom stereocenters. The summed E-state index contributed by atoms with van der Waals surface area (Å²) < 4.78 is 1.68. The van der Waals surface area contributed by atoms with Crippen LogP contribution in [-0.2, 0) is 0 Å². The fourth-order valence-corrected chi connectivity index (χ4v) is 2.58. The first kappa shape index (κ1) is 12.6. The summed E-state index contributed by atoms with van der Waals surface area (Å²) in [7, 11) is 0. The number of anilines is 1. The van der Waals surface area contributed by atoms with Crippen molar-refractivity contribution in [2.24, 2.45) is 0 Å². The molecule has 1 aliphatic rings. The van der Waals surface area contributed by atoms with Crippen LogP contribution in [0.4, 0.5) is 11.4 Å². The molecule has 3 rings (SSSR count). The van der Waals surface area contributed by atoms with Crippen LogP contribution in [0.5, 0.6) is 0 Å². The lowest BCUT2D eigenvalue weighted by atomic mass is 10.2. The van der Waals surface area contributed by atoms with Crippen LogP contribution in [0.25, 0.3) is 5.69 Å². The fraction of sp³-hybridized carbons (Fsp3) is 0.385. The van der Waals surface area contributed by atoms with Crippen molar-refractivity contribution >= 4 is 11.4 Å². The number of rotatable bonds is 4. The third kappa shape index (κ3) is 2.47. The molecule has 0 radical (unpaired) electrons. The van der Waals surface area contributed by atoms with Gasteiger partial charge in [-0.25, -0.2) is 0 Å². The normalized spacial score (nSPS) is 15.4. The first-order chi connectivity index (χ1) is 9.74. The molecule has 1 fully saturated rings. The molecule has 1 N–H and O–H groups in total. The third-order valence-electron chi connectivity index (χ3n) is 3.60. The predicted octanol–water partition coefficient (Wildman–Crippen LogP) is 2.53. The zero-order valence-electron chi connectivity index (χ0n) is 10.9. The Bertz CT molecular complexity index is 605. The van der Waals surface area contributed by atoms with Gasteiger partial charge in [0.05, 0.1) is 16.3 Å². The third-order valence-corrected chi connectivity index (χ3v) is 3.60. The summed E-state index contributed by atoms with van der Waals surface area (Å²) in [5.41, 5.74) is 1.64.